The molecule has 6 nitrogen and oxygen atoms in total. The van der Waals surface area contributed by atoms with Crippen LogP contribution < -0.4 is 15.5 Å². The molecule has 1 aliphatic rings. The number of nitrogens with one attached hydrogen (secondary N) is 2. The van der Waals surface area contributed by atoms with Crippen LogP contribution in [0.2, 0.25) is 5.02 Å². The van der Waals surface area contributed by atoms with Crippen molar-refractivity contribution in [1.29, 1.82) is 0 Å². The second-order valence-electron chi connectivity index (χ2n) is 9.01. The molecule has 2 N–H and O–H groups in total. The van der Waals surface area contributed by atoms with Crippen LogP contribution in [-0.4, -0.2) is 36.0 Å². The van der Waals surface area contributed by atoms with E-state index in [-0.39, 0.29) is 29.4 Å². The molecule has 35 heavy (non-hydrogen) atoms. The lowest BCUT2D eigenvalue weighted by Crippen LogP contribution is -2.36. The maximum atomic E-state index is 13.1. The molecule has 0 aliphatic heterocycles. The van der Waals surface area contributed by atoms with Crippen LogP contribution in [0, 0.1) is 5.92 Å². The van der Waals surface area contributed by atoms with Crippen molar-refractivity contribution in [2.75, 3.05) is 24.3 Å². The van der Waals surface area contributed by atoms with Crippen LogP contribution in [0.4, 0.5) is 24.9 Å². The van der Waals surface area contributed by atoms with Crippen molar-refractivity contribution in [3.8, 4) is 0 Å². The number of carbonyl (C=O) groups is 1. The van der Waals surface area contributed by atoms with Gasteiger partial charge < -0.3 is 15.5 Å². The maximum Gasteiger partial charge on any atom is 0.417 e. The van der Waals surface area contributed by atoms with E-state index in [9.17, 15) is 18.0 Å². The highest BCUT2D eigenvalue weighted by molar-refractivity contribution is 6.31. The monoisotopic (exact) mass is 505 g/mol. The highest BCUT2D eigenvalue weighted by Crippen LogP contribution is 2.35. The fourth-order valence-electron chi connectivity index (χ4n) is 4.38. The summed E-state index contributed by atoms with van der Waals surface area (Å²) in [5.74, 6) is 1.06. The van der Waals surface area contributed by atoms with Crippen LogP contribution in [0.5, 0.6) is 0 Å². The zero-order valence-corrected chi connectivity index (χ0v) is 20.2. The van der Waals surface area contributed by atoms with Crippen LogP contribution in [-0.2, 0) is 17.5 Å². The predicted molar refractivity (Wildman–Crippen MR) is 132 cm³/mol. The van der Waals surface area contributed by atoms with E-state index < -0.39 is 11.7 Å². The van der Waals surface area contributed by atoms with Crippen LogP contribution in [0.3, 0.4) is 0 Å². The second kappa shape index (κ2) is 10.3. The summed E-state index contributed by atoms with van der Waals surface area (Å²) in [4.78, 5) is 23.9. The van der Waals surface area contributed by atoms with E-state index in [2.05, 4.69) is 20.6 Å². The molecule has 0 unspecified atom stereocenters. The second-order valence-corrected chi connectivity index (χ2v) is 9.41. The number of nitrogens with zero attached hydrogens (tertiary/aromatic N) is 3. The van der Waals surface area contributed by atoms with Gasteiger partial charge in [-0.15, -0.1) is 0 Å². The molecule has 1 fully saturated rings. The first-order valence-electron chi connectivity index (χ1n) is 11.5. The Bertz CT molecular complexity index is 1210. The van der Waals surface area contributed by atoms with Crippen molar-refractivity contribution in [1.82, 2.24) is 15.3 Å². The molecular weight excluding hydrogens is 479 g/mol. The van der Waals surface area contributed by atoms with Gasteiger partial charge in [0.25, 0.3) is 0 Å². The van der Waals surface area contributed by atoms with E-state index >= 15 is 0 Å². The quantitative estimate of drug-likeness (QED) is 0.452. The number of alkyl halides is 3. The van der Waals surface area contributed by atoms with Crippen molar-refractivity contribution in [3.63, 3.8) is 0 Å². The highest BCUT2D eigenvalue weighted by atomic mass is 35.5. The zero-order valence-electron chi connectivity index (χ0n) is 19.5. The molecular formula is C25H27ClF3N5O. The van der Waals surface area contributed by atoms with Crippen molar-refractivity contribution in [2.45, 2.75) is 44.4 Å². The fourth-order valence-corrected chi connectivity index (χ4v) is 4.61. The standard InChI is InChI=1S/C25H27ClF3N5O/c1-34(2)22-18-5-3-4-6-21(18)32-24(33-22)31-17-10-8-16(9-11-17)23(35)30-14-15-7-12-20(26)19(13-15)25(27,28)29/h3-7,12-13,16-17H,8-11,14H2,1-2H3,(H,30,35)(H,31,32,33)/t16-,17+. The van der Waals surface area contributed by atoms with Crippen molar-refractivity contribution < 1.29 is 18.0 Å². The highest BCUT2D eigenvalue weighted by Gasteiger charge is 2.33. The van der Waals surface area contributed by atoms with Crippen LogP contribution in [0.1, 0.15) is 36.8 Å². The van der Waals surface area contributed by atoms with E-state index in [1.54, 1.807) is 0 Å². The zero-order chi connectivity index (χ0) is 25.2. The summed E-state index contributed by atoms with van der Waals surface area (Å²) in [7, 11) is 3.88. The molecule has 10 heteroatoms. The average molecular weight is 506 g/mol. The lowest BCUT2D eigenvalue weighted by atomic mass is 9.85. The van der Waals surface area contributed by atoms with E-state index in [0.29, 0.717) is 24.4 Å². The molecule has 1 amide bonds. The Morgan fingerprint density at radius 1 is 1.09 bits per heavy atom. The lowest BCUT2D eigenvalue weighted by Gasteiger charge is -2.28. The minimum atomic E-state index is -4.54. The Kier molecular flexibility index (Phi) is 7.35. The summed E-state index contributed by atoms with van der Waals surface area (Å²) in [6.45, 7) is 0.0233. The Labute approximate surface area is 206 Å². The number of para-hydroxylation sites is 1. The summed E-state index contributed by atoms with van der Waals surface area (Å²) < 4.78 is 39.2. The van der Waals surface area contributed by atoms with E-state index in [0.717, 1.165) is 35.6 Å². The first-order valence-corrected chi connectivity index (χ1v) is 11.8. The molecule has 0 radical (unpaired) electrons. The molecule has 1 heterocycles. The summed E-state index contributed by atoms with van der Waals surface area (Å²) in [5, 5.41) is 6.81. The van der Waals surface area contributed by atoms with E-state index in [4.69, 9.17) is 11.6 Å². The predicted octanol–water partition coefficient (Wildman–Crippen LogP) is 5.66. The number of benzene rings is 2. The first-order chi connectivity index (χ1) is 16.6. The lowest BCUT2D eigenvalue weighted by molar-refractivity contribution is -0.137. The largest absolute Gasteiger partial charge is 0.417 e. The summed E-state index contributed by atoms with van der Waals surface area (Å²) in [6, 6.07) is 11.7. The molecule has 0 saturated heterocycles. The third kappa shape index (κ3) is 5.96. The SMILES string of the molecule is CN(C)c1nc(N[C@H]2CC[C@@H](C(=O)NCc3ccc(Cl)c(C(F)(F)F)c3)CC2)nc2ccccc12. The Morgan fingerprint density at radius 2 is 1.80 bits per heavy atom. The number of carbonyl (C=O) groups excluding carboxylic acids is 1. The molecule has 0 spiro atoms. The van der Waals surface area contributed by atoms with Gasteiger partial charge in [0.2, 0.25) is 11.9 Å². The van der Waals surface area contributed by atoms with Gasteiger partial charge in [0.05, 0.1) is 16.1 Å². The van der Waals surface area contributed by atoms with Gasteiger partial charge in [0.15, 0.2) is 0 Å². The number of fused-ring (bicyclic) bond motifs is 1. The fraction of sp³-hybridized carbons (Fsp3) is 0.400. The number of aromatic nitrogens is 2. The molecule has 186 valence electrons. The number of halogens is 4. The van der Waals surface area contributed by atoms with Crippen molar-refractivity contribution in [3.05, 3.63) is 58.6 Å². The van der Waals surface area contributed by atoms with Crippen LogP contribution in [0.25, 0.3) is 10.9 Å². The third-order valence-electron chi connectivity index (χ3n) is 6.24. The summed E-state index contributed by atoms with van der Waals surface area (Å²) in [5.41, 5.74) is 0.319. The number of anilines is 2. The topological polar surface area (TPSA) is 70.2 Å². The maximum absolute atomic E-state index is 13.1. The van der Waals surface area contributed by atoms with E-state index in [1.165, 1.54) is 12.1 Å². The van der Waals surface area contributed by atoms with Gasteiger partial charge in [-0.25, -0.2) is 4.98 Å². The van der Waals surface area contributed by atoms with Crippen molar-refractivity contribution >= 4 is 40.2 Å². The molecule has 1 aromatic heterocycles. The number of rotatable bonds is 6. The molecule has 2 aromatic carbocycles. The normalized spacial score (nSPS) is 18.3. The average Bonchev–Trinajstić information content (AvgIpc) is 2.82. The first kappa shape index (κ1) is 25.0. The third-order valence-corrected chi connectivity index (χ3v) is 6.57. The summed E-state index contributed by atoms with van der Waals surface area (Å²) >= 11 is 5.67. The molecule has 1 saturated carbocycles. The van der Waals surface area contributed by atoms with Crippen LogP contribution >= 0.6 is 11.6 Å². The van der Waals surface area contributed by atoms with Gasteiger partial charge in [-0.05, 0) is 55.5 Å². The Morgan fingerprint density at radius 3 is 2.49 bits per heavy atom. The van der Waals surface area contributed by atoms with Gasteiger partial charge in [-0.1, -0.05) is 29.8 Å². The minimum absolute atomic E-state index is 0.0233. The molecule has 0 atom stereocenters. The van der Waals surface area contributed by atoms with E-state index in [1.807, 2.05) is 43.3 Å². The van der Waals surface area contributed by atoms with Gasteiger partial charge in [0.1, 0.15) is 5.82 Å². The van der Waals surface area contributed by atoms with Gasteiger partial charge >= 0.3 is 6.18 Å². The minimum Gasteiger partial charge on any atom is -0.362 e. The smallest absolute Gasteiger partial charge is 0.362 e. The molecule has 1 aliphatic carbocycles. The number of hydrogen-bond acceptors (Lipinski definition) is 5. The Hall–Kier alpha value is -3.07. The number of amides is 1. The van der Waals surface area contributed by atoms with Crippen LogP contribution in [0.15, 0.2) is 42.5 Å². The van der Waals surface area contributed by atoms with Gasteiger partial charge in [-0.2, -0.15) is 18.2 Å². The number of hydrogen-bond donors (Lipinski definition) is 2. The van der Waals surface area contributed by atoms with Crippen molar-refractivity contribution in [2.24, 2.45) is 5.92 Å². The van der Waals surface area contributed by atoms with Gasteiger partial charge in [-0.3, -0.25) is 4.79 Å². The van der Waals surface area contributed by atoms with Gasteiger partial charge in [0, 0.05) is 38.0 Å². The summed E-state index contributed by atoms with van der Waals surface area (Å²) in [6.07, 6.45) is -1.65. The molecule has 0 bridgehead atoms. The molecule has 3 aromatic rings. The Balaban J connectivity index is 1.33. The molecule has 4 rings (SSSR count).